The molecule has 0 unspecified atom stereocenters. The molecular weight excluding hydrogens is 238 g/mol. The van der Waals surface area contributed by atoms with E-state index in [1.807, 2.05) is 13.8 Å². The van der Waals surface area contributed by atoms with Crippen LogP contribution in [0.15, 0.2) is 23.4 Å². The van der Waals surface area contributed by atoms with Crippen molar-refractivity contribution < 1.29 is 8.42 Å². The van der Waals surface area contributed by atoms with Crippen LogP contribution in [0.1, 0.15) is 26.7 Å². The molecular formula is C11H17N3O2S. The molecule has 0 bridgehead atoms. The molecule has 17 heavy (non-hydrogen) atoms. The van der Waals surface area contributed by atoms with Crippen LogP contribution in [0.25, 0.3) is 0 Å². The minimum absolute atomic E-state index is 0.0891. The van der Waals surface area contributed by atoms with Crippen molar-refractivity contribution in [2.45, 2.75) is 37.3 Å². The molecule has 6 heteroatoms. The fraction of sp³-hybridized carbons (Fsp3) is 0.545. The number of nitrogens with one attached hydrogen (secondary N) is 1. The van der Waals surface area contributed by atoms with E-state index in [2.05, 4.69) is 9.71 Å². The van der Waals surface area contributed by atoms with Crippen molar-refractivity contribution >= 4 is 15.7 Å². The lowest BCUT2D eigenvalue weighted by Gasteiger charge is -2.25. The number of pyridine rings is 1. The average molecular weight is 255 g/mol. The van der Waals surface area contributed by atoms with Gasteiger partial charge in [0.25, 0.3) is 10.0 Å². The molecule has 1 aromatic rings. The minimum atomic E-state index is -3.64. The molecule has 3 N–H and O–H groups in total. The third kappa shape index (κ3) is 2.58. The van der Waals surface area contributed by atoms with Gasteiger partial charge in [-0.2, -0.15) is 0 Å². The first-order valence-electron chi connectivity index (χ1n) is 5.57. The van der Waals surface area contributed by atoms with E-state index < -0.39 is 15.6 Å². The van der Waals surface area contributed by atoms with Crippen LogP contribution in [0.5, 0.6) is 0 Å². The number of nitrogen functional groups attached to an aromatic ring is 1. The zero-order chi connectivity index (χ0) is 12.7. The van der Waals surface area contributed by atoms with E-state index >= 15 is 0 Å². The summed E-state index contributed by atoms with van der Waals surface area (Å²) in [5, 5.41) is -0.0891. The van der Waals surface area contributed by atoms with E-state index in [0.29, 0.717) is 5.92 Å². The second-order valence-electron chi connectivity index (χ2n) is 5.00. The van der Waals surface area contributed by atoms with Crippen molar-refractivity contribution in [3.8, 4) is 0 Å². The number of hydrogen-bond acceptors (Lipinski definition) is 4. The van der Waals surface area contributed by atoms with Crippen molar-refractivity contribution in [3.05, 3.63) is 18.3 Å². The Morgan fingerprint density at radius 3 is 2.65 bits per heavy atom. The van der Waals surface area contributed by atoms with E-state index in [4.69, 9.17) is 5.73 Å². The number of sulfonamides is 1. The molecule has 94 valence electrons. The molecule has 1 fully saturated rings. The van der Waals surface area contributed by atoms with Gasteiger partial charge in [0.15, 0.2) is 5.03 Å². The van der Waals surface area contributed by atoms with Crippen molar-refractivity contribution in [2.24, 2.45) is 5.92 Å². The fourth-order valence-corrected chi connectivity index (χ4v) is 3.44. The van der Waals surface area contributed by atoms with Crippen molar-refractivity contribution in [3.63, 3.8) is 0 Å². The molecule has 1 aliphatic rings. The molecule has 0 spiro atoms. The minimum Gasteiger partial charge on any atom is -0.396 e. The van der Waals surface area contributed by atoms with E-state index in [0.717, 1.165) is 12.8 Å². The number of nitrogens with zero attached hydrogens (tertiary/aromatic N) is 1. The molecule has 0 atom stereocenters. The van der Waals surface area contributed by atoms with E-state index in [-0.39, 0.29) is 10.7 Å². The molecule has 5 nitrogen and oxygen atoms in total. The van der Waals surface area contributed by atoms with Crippen LogP contribution in [-0.4, -0.2) is 18.9 Å². The number of rotatable bonds is 4. The van der Waals surface area contributed by atoms with Crippen LogP contribution in [0, 0.1) is 5.92 Å². The smallest absolute Gasteiger partial charge is 0.260 e. The molecule has 0 radical (unpaired) electrons. The quantitative estimate of drug-likeness (QED) is 0.844. The zero-order valence-electron chi connectivity index (χ0n) is 9.97. The summed E-state index contributed by atoms with van der Waals surface area (Å²) in [6.45, 7) is 3.78. The third-order valence-corrected chi connectivity index (χ3v) is 4.70. The predicted molar refractivity (Wildman–Crippen MR) is 65.8 cm³/mol. The Hall–Kier alpha value is -1.14. The Bertz CT molecular complexity index is 521. The van der Waals surface area contributed by atoms with Gasteiger partial charge in [0.05, 0.1) is 5.69 Å². The molecule has 0 saturated heterocycles. The largest absolute Gasteiger partial charge is 0.396 e. The summed E-state index contributed by atoms with van der Waals surface area (Å²) in [5.74, 6) is 0.405. The molecule has 0 aliphatic heterocycles. The first kappa shape index (κ1) is 12.3. The standard InChI is InChI=1S/C11H17N3O2S/c1-11(2,8-5-6-8)14-17(15,16)10-9(12)4-3-7-13-10/h3-4,7-8,14H,5-6,12H2,1-2H3. The van der Waals surface area contributed by atoms with Gasteiger partial charge in [-0.1, -0.05) is 0 Å². The fourth-order valence-electron chi connectivity index (χ4n) is 1.91. The highest BCUT2D eigenvalue weighted by Crippen LogP contribution is 2.40. The normalized spacial score (nSPS) is 17.1. The van der Waals surface area contributed by atoms with Gasteiger partial charge >= 0.3 is 0 Å². The zero-order valence-corrected chi connectivity index (χ0v) is 10.8. The molecule has 1 saturated carbocycles. The van der Waals surface area contributed by atoms with Crippen LogP contribution in [0.4, 0.5) is 5.69 Å². The number of anilines is 1. The molecule has 1 aliphatic carbocycles. The van der Waals surface area contributed by atoms with Gasteiger partial charge in [0.2, 0.25) is 0 Å². The predicted octanol–water partition coefficient (Wildman–Crippen LogP) is 1.13. The maximum absolute atomic E-state index is 12.1. The maximum Gasteiger partial charge on any atom is 0.260 e. The van der Waals surface area contributed by atoms with Gasteiger partial charge < -0.3 is 5.73 Å². The summed E-state index contributed by atoms with van der Waals surface area (Å²) in [5.41, 5.74) is 5.37. The van der Waals surface area contributed by atoms with Crippen LogP contribution < -0.4 is 10.5 Å². The van der Waals surface area contributed by atoms with E-state index in [1.54, 1.807) is 6.07 Å². The first-order valence-corrected chi connectivity index (χ1v) is 7.06. The van der Waals surface area contributed by atoms with Crippen LogP contribution >= 0.6 is 0 Å². The van der Waals surface area contributed by atoms with Crippen molar-refractivity contribution in [2.75, 3.05) is 5.73 Å². The van der Waals surface area contributed by atoms with Crippen LogP contribution in [0.3, 0.4) is 0 Å². The van der Waals surface area contributed by atoms with Crippen molar-refractivity contribution in [1.82, 2.24) is 9.71 Å². The number of aromatic nitrogens is 1. The van der Waals surface area contributed by atoms with Gasteiger partial charge in [-0.3, -0.25) is 0 Å². The Kier molecular flexibility index (Phi) is 2.87. The Balaban J connectivity index is 2.28. The second kappa shape index (κ2) is 3.96. The monoisotopic (exact) mass is 255 g/mol. The summed E-state index contributed by atoms with van der Waals surface area (Å²) in [6, 6.07) is 3.14. The summed E-state index contributed by atoms with van der Waals surface area (Å²) in [6.07, 6.45) is 3.55. The van der Waals surface area contributed by atoms with Gasteiger partial charge in [-0.25, -0.2) is 18.1 Å². The number of hydrogen-bond donors (Lipinski definition) is 2. The Labute approximate surface area is 101 Å². The third-order valence-electron chi connectivity index (χ3n) is 3.05. The second-order valence-corrected chi connectivity index (χ2v) is 6.60. The summed E-state index contributed by atoms with van der Waals surface area (Å²) >= 11 is 0. The molecule has 0 amide bonds. The first-order chi connectivity index (χ1) is 7.83. The van der Waals surface area contributed by atoms with E-state index in [9.17, 15) is 8.42 Å². The van der Waals surface area contributed by atoms with Gasteiger partial charge in [0.1, 0.15) is 0 Å². The van der Waals surface area contributed by atoms with Crippen LogP contribution in [0.2, 0.25) is 0 Å². The van der Waals surface area contributed by atoms with Crippen LogP contribution in [-0.2, 0) is 10.0 Å². The highest BCUT2D eigenvalue weighted by Gasteiger charge is 2.41. The molecule has 1 heterocycles. The SMILES string of the molecule is CC(C)(NS(=O)(=O)c1ncccc1N)C1CC1. The van der Waals surface area contributed by atoms with Gasteiger partial charge in [-0.15, -0.1) is 0 Å². The highest BCUT2D eigenvalue weighted by atomic mass is 32.2. The molecule has 2 rings (SSSR count). The topological polar surface area (TPSA) is 85.1 Å². The number of nitrogens with two attached hydrogens (primary N) is 1. The summed E-state index contributed by atoms with van der Waals surface area (Å²) in [4.78, 5) is 3.84. The summed E-state index contributed by atoms with van der Waals surface area (Å²) in [7, 11) is -3.64. The van der Waals surface area contributed by atoms with Crippen molar-refractivity contribution in [1.29, 1.82) is 0 Å². The maximum atomic E-state index is 12.1. The van der Waals surface area contributed by atoms with E-state index in [1.165, 1.54) is 12.3 Å². The Morgan fingerprint density at radius 1 is 1.47 bits per heavy atom. The lowest BCUT2D eigenvalue weighted by molar-refractivity contribution is 0.400. The Morgan fingerprint density at radius 2 is 2.12 bits per heavy atom. The lowest BCUT2D eigenvalue weighted by Crippen LogP contribution is -2.45. The average Bonchev–Trinajstić information content (AvgIpc) is 2.99. The van der Waals surface area contributed by atoms with Gasteiger partial charge in [0, 0.05) is 11.7 Å². The van der Waals surface area contributed by atoms with Gasteiger partial charge in [-0.05, 0) is 44.7 Å². The lowest BCUT2D eigenvalue weighted by atomic mass is 10.0. The summed E-state index contributed by atoms with van der Waals surface area (Å²) < 4.78 is 27.0. The highest BCUT2D eigenvalue weighted by molar-refractivity contribution is 7.89. The molecule has 1 aromatic heterocycles. The molecule has 0 aromatic carbocycles.